The second-order valence-corrected chi connectivity index (χ2v) is 3.44. The Kier molecular flexibility index (Phi) is 3.45. The van der Waals surface area contributed by atoms with E-state index in [2.05, 4.69) is 16.9 Å². The number of likely N-dealkylation sites (N-methyl/N-ethyl adjacent to an activating group) is 1. The second kappa shape index (κ2) is 4.39. The molecule has 0 saturated heterocycles. The summed E-state index contributed by atoms with van der Waals surface area (Å²) in [5.74, 6) is 0. The molecular weight excluding hydrogens is 164 g/mol. The maximum Gasteiger partial charge on any atom is 0.0595 e. The molecular formula is C9H18N4. The monoisotopic (exact) mass is 182 g/mol. The Balaban J connectivity index is 2.69. The standard InChI is InChI=1S/C9H18N4/c1-4-13-9(5-6-11-13)8(10)7-12(2)3/h5-6,8H,4,7,10H2,1-3H3. The lowest BCUT2D eigenvalue weighted by Crippen LogP contribution is -2.28. The SMILES string of the molecule is CCn1nccc1C(N)CN(C)C. The average Bonchev–Trinajstić information content (AvgIpc) is 2.49. The summed E-state index contributed by atoms with van der Waals surface area (Å²) < 4.78 is 1.94. The quantitative estimate of drug-likeness (QED) is 0.736. The van der Waals surface area contributed by atoms with Crippen molar-refractivity contribution in [3.05, 3.63) is 18.0 Å². The van der Waals surface area contributed by atoms with Crippen molar-refractivity contribution >= 4 is 0 Å². The van der Waals surface area contributed by atoms with Crippen LogP contribution in [0.15, 0.2) is 12.3 Å². The van der Waals surface area contributed by atoms with Gasteiger partial charge in [0.05, 0.1) is 11.7 Å². The van der Waals surface area contributed by atoms with Gasteiger partial charge in [0, 0.05) is 19.3 Å². The molecule has 1 aromatic rings. The maximum atomic E-state index is 6.01. The number of hydrogen-bond donors (Lipinski definition) is 1. The molecule has 13 heavy (non-hydrogen) atoms. The molecule has 0 amide bonds. The van der Waals surface area contributed by atoms with Crippen LogP contribution in [0.5, 0.6) is 0 Å². The number of nitrogens with two attached hydrogens (primary N) is 1. The minimum atomic E-state index is 0.0532. The van der Waals surface area contributed by atoms with E-state index in [9.17, 15) is 0 Å². The molecule has 1 unspecified atom stereocenters. The van der Waals surface area contributed by atoms with E-state index in [1.165, 1.54) is 0 Å². The van der Waals surface area contributed by atoms with Gasteiger partial charge in [-0.2, -0.15) is 5.10 Å². The first kappa shape index (κ1) is 10.2. The van der Waals surface area contributed by atoms with Crippen molar-refractivity contribution in [3.63, 3.8) is 0 Å². The molecule has 1 aromatic heterocycles. The molecule has 0 aliphatic heterocycles. The summed E-state index contributed by atoms with van der Waals surface area (Å²) in [5, 5.41) is 4.18. The van der Waals surface area contributed by atoms with Gasteiger partial charge in [-0.05, 0) is 27.1 Å². The van der Waals surface area contributed by atoms with Crippen molar-refractivity contribution in [2.45, 2.75) is 19.5 Å². The minimum absolute atomic E-state index is 0.0532. The largest absolute Gasteiger partial charge is 0.322 e. The molecule has 0 radical (unpaired) electrons. The van der Waals surface area contributed by atoms with Gasteiger partial charge in [-0.25, -0.2) is 0 Å². The third-order valence-electron chi connectivity index (χ3n) is 1.99. The summed E-state index contributed by atoms with van der Waals surface area (Å²) in [7, 11) is 4.04. The zero-order chi connectivity index (χ0) is 9.84. The zero-order valence-corrected chi connectivity index (χ0v) is 8.57. The summed E-state index contributed by atoms with van der Waals surface area (Å²) in [6.07, 6.45) is 1.80. The highest BCUT2D eigenvalue weighted by atomic mass is 15.3. The smallest absolute Gasteiger partial charge is 0.0595 e. The van der Waals surface area contributed by atoms with Gasteiger partial charge in [0.2, 0.25) is 0 Å². The van der Waals surface area contributed by atoms with E-state index in [0.717, 1.165) is 18.8 Å². The van der Waals surface area contributed by atoms with E-state index in [4.69, 9.17) is 5.73 Å². The van der Waals surface area contributed by atoms with Crippen LogP contribution < -0.4 is 5.73 Å². The molecule has 4 heteroatoms. The summed E-state index contributed by atoms with van der Waals surface area (Å²) in [6, 6.07) is 2.04. The van der Waals surface area contributed by atoms with Crippen molar-refractivity contribution in [1.29, 1.82) is 0 Å². The van der Waals surface area contributed by atoms with E-state index in [-0.39, 0.29) is 6.04 Å². The predicted octanol–water partition coefficient (Wildman–Crippen LogP) is 0.464. The van der Waals surface area contributed by atoms with Gasteiger partial charge in [-0.3, -0.25) is 4.68 Å². The van der Waals surface area contributed by atoms with E-state index in [0.29, 0.717) is 0 Å². The van der Waals surface area contributed by atoms with Crippen LogP contribution in [0.4, 0.5) is 0 Å². The lowest BCUT2D eigenvalue weighted by Gasteiger charge is -2.17. The van der Waals surface area contributed by atoms with Gasteiger partial charge in [-0.15, -0.1) is 0 Å². The van der Waals surface area contributed by atoms with Crippen molar-refractivity contribution in [2.24, 2.45) is 5.73 Å². The zero-order valence-electron chi connectivity index (χ0n) is 8.57. The lowest BCUT2D eigenvalue weighted by atomic mass is 10.2. The number of nitrogens with zero attached hydrogens (tertiary/aromatic N) is 3. The number of rotatable bonds is 4. The van der Waals surface area contributed by atoms with Crippen LogP contribution in [-0.2, 0) is 6.54 Å². The van der Waals surface area contributed by atoms with Crippen molar-refractivity contribution in [1.82, 2.24) is 14.7 Å². The Morgan fingerprint density at radius 1 is 1.62 bits per heavy atom. The molecule has 74 valence electrons. The fourth-order valence-electron chi connectivity index (χ4n) is 1.41. The number of hydrogen-bond acceptors (Lipinski definition) is 3. The molecule has 0 spiro atoms. The van der Waals surface area contributed by atoms with Crippen LogP contribution in [0.25, 0.3) is 0 Å². The summed E-state index contributed by atoms with van der Waals surface area (Å²) in [6.45, 7) is 3.80. The van der Waals surface area contributed by atoms with Gasteiger partial charge in [0.15, 0.2) is 0 Å². The fraction of sp³-hybridized carbons (Fsp3) is 0.667. The molecule has 2 N–H and O–H groups in total. The van der Waals surface area contributed by atoms with E-state index in [1.807, 2.05) is 24.8 Å². The molecule has 0 aromatic carbocycles. The van der Waals surface area contributed by atoms with Crippen LogP contribution in [-0.4, -0.2) is 35.3 Å². The first-order valence-electron chi connectivity index (χ1n) is 4.57. The topological polar surface area (TPSA) is 47.1 Å². The van der Waals surface area contributed by atoms with Crippen LogP contribution in [0.3, 0.4) is 0 Å². The molecule has 4 nitrogen and oxygen atoms in total. The lowest BCUT2D eigenvalue weighted by molar-refractivity contribution is 0.366. The van der Waals surface area contributed by atoms with Gasteiger partial charge >= 0.3 is 0 Å². The molecule has 1 rings (SSSR count). The Labute approximate surface area is 79.3 Å². The van der Waals surface area contributed by atoms with E-state index in [1.54, 1.807) is 6.20 Å². The number of aromatic nitrogens is 2. The van der Waals surface area contributed by atoms with Crippen LogP contribution in [0, 0.1) is 0 Å². The van der Waals surface area contributed by atoms with Crippen LogP contribution in [0.2, 0.25) is 0 Å². The van der Waals surface area contributed by atoms with Crippen LogP contribution in [0.1, 0.15) is 18.7 Å². The Morgan fingerprint density at radius 3 is 2.85 bits per heavy atom. The van der Waals surface area contributed by atoms with Gasteiger partial charge < -0.3 is 10.6 Å². The fourth-order valence-corrected chi connectivity index (χ4v) is 1.41. The average molecular weight is 182 g/mol. The maximum absolute atomic E-state index is 6.01. The first-order valence-corrected chi connectivity index (χ1v) is 4.57. The van der Waals surface area contributed by atoms with E-state index < -0.39 is 0 Å². The summed E-state index contributed by atoms with van der Waals surface area (Å²) in [4.78, 5) is 2.08. The van der Waals surface area contributed by atoms with E-state index >= 15 is 0 Å². The normalized spacial score (nSPS) is 13.6. The highest BCUT2D eigenvalue weighted by Gasteiger charge is 2.11. The minimum Gasteiger partial charge on any atom is -0.322 e. The molecule has 0 saturated carbocycles. The highest BCUT2D eigenvalue weighted by Crippen LogP contribution is 2.09. The van der Waals surface area contributed by atoms with Crippen molar-refractivity contribution < 1.29 is 0 Å². The van der Waals surface area contributed by atoms with Crippen LogP contribution >= 0.6 is 0 Å². The van der Waals surface area contributed by atoms with Crippen molar-refractivity contribution in [2.75, 3.05) is 20.6 Å². The predicted molar refractivity (Wildman–Crippen MR) is 53.4 cm³/mol. The third-order valence-corrected chi connectivity index (χ3v) is 1.99. The second-order valence-electron chi connectivity index (χ2n) is 3.44. The third kappa shape index (κ3) is 2.54. The molecule has 1 atom stereocenters. The molecule has 0 fully saturated rings. The molecule has 0 aliphatic rings. The molecule has 0 aliphatic carbocycles. The van der Waals surface area contributed by atoms with Gasteiger partial charge in [0.25, 0.3) is 0 Å². The first-order chi connectivity index (χ1) is 6.15. The molecule has 1 heterocycles. The Morgan fingerprint density at radius 2 is 2.31 bits per heavy atom. The highest BCUT2D eigenvalue weighted by molar-refractivity contribution is 5.06. The summed E-state index contributed by atoms with van der Waals surface area (Å²) >= 11 is 0. The Hall–Kier alpha value is -0.870. The van der Waals surface area contributed by atoms with Gasteiger partial charge in [-0.1, -0.05) is 0 Å². The van der Waals surface area contributed by atoms with Crippen molar-refractivity contribution in [3.8, 4) is 0 Å². The summed E-state index contributed by atoms with van der Waals surface area (Å²) in [5.41, 5.74) is 7.12. The Bertz CT molecular complexity index is 254. The van der Waals surface area contributed by atoms with Gasteiger partial charge in [0.1, 0.15) is 0 Å². The molecule has 0 bridgehead atoms. The number of aryl methyl sites for hydroxylation is 1.